The Kier molecular flexibility index (Phi) is 5.20. The van der Waals surface area contributed by atoms with Gasteiger partial charge in [0, 0.05) is 24.4 Å². The van der Waals surface area contributed by atoms with Crippen LogP contribution in [-0.4, -0.2) is 55.9 Å². The van der Waals surface area contributed by atoms with Crippen LogP contribution in [0.15, 0.2) is 67.0 Å². The summed E-state index contributed by atoms with van der Waals surface area (Å²) in [6.07, 6.45) is 0.760. The van der Waals surface area contributed by atoms with Crippen LogP contribution in [0.5, 0.6) is 5.88 Å². The van der Waals surface area contributed by atoms with Crippen molar-refractivity contribution < 1.29 is 22.7 Å². The highest BCUT2D eigenvalue weighted by molar-refractivity contribution is 5.95. The zero-order valence-electron chi connectivity index (χ0n) is 17.2. The van der Waals surface area contributed by atoms with Crippen molar-refractivity contribution >= 4 is 16.8 Å². The summed E-state index contributed by atoms with van der Waals surface area (Å²) in [7, 11) is 0. The topological polar surface area (TPSA) is 73.1 Å². The van der Waals surface area contributed by atoms with Crippen LogP contribution in [0.2, 0.25) is 0 Å². The molecule has 1 aliphatic rings. The first-order valence-electron chi connectivity index (χ1n) is 10.3. The highest BCUT2D eigenvalue weighted by atomic mass is 19.3. The van der Waals surface area contributed by atoms with Crippen molar-refractivity contribution in [3.8, 4) is 11.6 Å². The predicted molar refractivity (Wildman–Crippen MR) is 113 cm³/mol. The molecule has 168 valence electrons. The number of hydrogen-bond acceptors (Lipinski definition) is 5. The van der Waals surface area contributed by atoms with Crippen LogP contribution in [0, 0.1) is 5.82 Å². The molecule has 1 atom stereocenters. The first kappa shape index (κ1) is 20.9. The summed E-state index contributed by atoms with van der Waals surface area (Å²) >= 11 is 0. The first-order chi connectivity index (χ1) is 15.9. The van der Waals surface area contributed by atoms with Gasteiger partial charge in [0.15, 0.2) is 6.10 Å². The molecule has 2 aromatic carbocycles. The van der Waals surface area contributed by atoms with E-state index in [1.807, 2.05) is 12.1 Å². The third-order valence-electron chi connectivity index (χ3n) is 5.56. The lowest BCUT2D eigenvalue weighted by Crippen LogP contribution is -2.55. The van der Waals surface area contributed by atoms with Gasteiger partial charge < -0.3 is 9.64 Å². The maximum absolute atomic E-state index is 14.7. The number of carbonyl (C=O) groups is 1. The zero-order chi connectivity index (χ0) is 23.0. The Balaban J connectivity index is 1.38. The summed E-state index contributed by atoms with van der Waals surface area (Å²) in [5, 5.41) is 8.36. The van der Waals surface area contributed by atoms with Gasteiger partial charge in [-0.05, 0) is 30.3 Å². The summed E-state index contributed by atoms with van der Waals surface area (Å²) in [6, 6.07) is 14.4. The van der Waals surface area contributed by atoms with Crippen LogP contribution < -0.4 is 4.74 Å². The third kappa shape index (κ3) is 4.11. The number of likely N-dealkylation sites (tertiary alicyclic amines) is 1. The molecule has 0 spiro atoms. The number of para-hydroxylation sites is 1. The number of amides is 1. The van der Waals surface area contributed by atoms with Gasteiger partial charge in [0.2, 0.25) is 5.88 Å². The van der Waals surface area contributed by atoms with Crippen molar-refractivity contribution in [1.29, 1.82) is 0 Å². The van der Waals surface area contributed by atoms with Gasteiger partial charge in [0.1, 0.15) is 5.82 Å². The van der Waals surface area contributed by atoms with Crippen molar-refractivity contribution in [2.75, 3.05) is 13.1 Å². The minimum Gasteiger partial charge on any atom is -0.466 e. The zero-order valence-corrected chi connectivity index (χ0v) is 17.2. The lowest BCUT2D eigenvalue weighted by molar-refractivity contribution is -0.131. The highest BCUT2D eigenvalue weighted by Crippen LogP contribution is 2.32. The molecule has 5 rings (SSSR count). The van der Waals surface area contributed by atoms with E-state index in [0.29, 0.717) is 11.2 Å². The van der Waals surface area contributed by atoms with E-state index in [-0.39, 0.29) is 18.0 Å². The minimum atomic E-state index is -3.18. The molecule has 7 nitrogen and oxygen atoms in total. The minimum absolute atomic E-state index is 0.0343. The Morgan fingerprint density at radius 3 is 2.79 bits per heavy atom. The normalized spacial score (nSPS) is 17.8. The lowest BCUT2D eigenvalue weighted by atomic mass is 10.0. The Morgan fingerprint density at radius 2 is 1.97 bits per heavy atom. The number of halogens is 3. The van der Waals surface area contributed by atoms with Gasteiger partial charge in [-0.3, -0.25) is 4.79 Å². The molecule has 33 heavy (non-hydrogen) atoms. The number of carbonyl (C=O) groups excluding carboxylic acids is 1. The molecule has 0 aliphatic carbocycles. The van der Waals surface area contributed by atoms with E-state index in [1.165, 1.54) is 34.0 Å². The molecule has 1 fully saturated rings. The monoisotopic (exact) mass is 453 g/mol. The number of hydrogen-bond donors (Lipinski definition) is 0. The molecule has 10 heteroatoms. The fourth-order valence-electron chi connectivity index (χ4n) is 3.77. The predicted octanol–water partition coefficient (Wildman–Crippen LogP) is 3.88. The molecular formula is C23H18F3N5O2. The van der Waals surface area contributed by atoms with Gasteiger partial charge in [0.25, 0.3) is 11.8 Å². The van der Waals surface area contributed by atoms with Gasteiger partial charge >= 0.3 is 0 Å². The summed E-state index contributed by atoms with van der Waals surface area (Å²) in [4.78, 5) is 18.5. The van der Waals surface area contributed by atoms with Crippen LogP contribution in [0.1, 0.15) is 16.8 Å². The first-order valence-corrected chi connectivity index (χ1v) is 10.3. The summed E-state index contributed by atoms with van der Waals surface area (Å²) in [6.45, 7) is -0.642. The van der Waals surface area contributed by atoms with Gasteiger partial charge in [-0.2, -0.15) is 0 Å². The summed E-state index contributed by atoms with van der Waals surface area (Å²) < 4.78 is 50.7. The van der Waals surface area contributed by atoms with Gasteiger partial charge in [-0.15, -0.1) is 5.10 Å². The molecule has 1 amide bonds. The number of fused-ring (bicyclic) bond motifs is 1. The smallest absolute Gasteiger partial charge is 0.287 e. The van der Waals surface area contributed by atoms with Crippen molar-refractivity contribution in [3.63, 3.8) is 0 Å². The molecule has 2 aromatic heterocycles. The Bertz CT molecular complexity index is 1310. The number of benzene rings is 2. The van der Waals surface area contributed by atoms with Crippen molar-refractivity contribution in [3.05, 3.63) is 78.4 Å². The average molecular weight is 453 g/mol. The molecule has 0 N–H and O–H groups in total. The Hall–Kier alpha value is -3.95. The van der Waals surface area contributed by atoms with Crippen molar-refractivity contribution in [2.24, 2.45) is 0 Å². The maximum atomic E-state index is 14.7. The van der Waals surface area contributed by atoms with E-state index in [2.05, 4.69) is 15.3 Å². The molecule has 3 heterocycles. The molecule has 0 unspecified atom stereocenters. The van der Waals surface area contributed by atoms with E-state index in [4.69, 9.17) is 4.74 Å². The molecular weight excluding hydrogens is 435 g/mol. The second kappa shape index (κ2) is 8.19. The molecule has 1 saturated heterocycles. The van der Waals surface area contributed by atoms with Crippen molar-refractivity contribution in [1.82, 2.24) is 24.9 Å². The van der Waals surface area contributed by atoms with Crippen molar-refractivity contribution in [2.45, 2.75) is 18.4 Å². The number of alkyl halides is 2. The SMILES string of the molecule is O=C(c1cc(-n2ccnn2)ccc1F)N1CCC(F)(F)[C@@H](Oc2ccc3ccccc3n2)C1. The number of rotatable bonds is 4. The highest BCUT2D eigenvalue weighted by Gasteiger charge is 2.47. The number of ether oxygens (including phenoxy) is 1. The molecule has 0 radical (unpaired) electrons. The number of piperidine rings is 1. The Labute approximate surface area is 186 Å². The lowest BCUT2D eigenvalue weighted by Gasteiger charge is -2.38. The number of pyridine rings is 1. The van der Waals surface area contributed by atoms with E-state index in [0.717, 1.165) is 11.5 Å². The van der Waals surface area contributed by atoms with Crippen LogP contribution in [0.4, 0.5) is 13.2 Å². The second-order valence-corrected chi connectivity index (χ2v) is 7.72. The van der Waals surface area contributed by atoms with E-state index >= 15 is 0 Å². The summed E-state index contributed by atoms with van der Waals surface area (Å²) in [5.41, 5.74) is 0.789. The standard InChI is InChI=1S/C23H18F3N5O2/c24-18-7-6-16(31-12-10-27-29-31)13-17(18)22(32)30-11-9-23(25,26)20(14-30)33-21-8-5-15-3-1-2-4-19(15)28-21/h1-8,10,12-13,20H,9,11,14H2/t20-/m0/s1. The van der Waals surface area contributed by atoms with Crippen LogP contribution >= 0.6 is 0 Å². The second-order valence-electron chi connectivity index (χ2n) is 7.72. The summed E-state index contributed by atoms with van der Waals surface area (Å²) in [5.74, 6) is -4.60. The molecule has 0 bridgehead atoms. The molecule has 4 aromatic rings. The maximum Gasteiger partial charge on any atom is 0.287 e. The van der Waals surface area contributed by atoms with Gasteiger partial charge in [0.05, 0.1) is 35.7 Å². The average Bonchev–Trinajstić information content (AvgIpc) is 3.35. The van der Waals surface area contributed by atoms with Crippen LogP contribution in [-0.2, 0) is 0 Å². The van der Waals surface area contributed by atoms with E-state index in [1.54, 1.807) is 24.4 Å². The fraction of sp³-hybridized carbons (Fsp3) is 0.217. The third-order valence-corrected chi connectivity index (χ3v) is 5.56. The van der Waals surface area contributed by atoms with Gasteiger partial charge in [-0.25, -0.2) is 22.8 Å². The molecule has 1 aliphatic heterocycles. The Morgan fingerprint density at radius 1 is 1.12 bits per heavy atom. The number of nitrogens with zero attached hydrogens (tertiary/aromatic N) is 5. The van der Waals surface area contributed by atoms with E-state index in [9.17, 15) is 18.0 Å². The van der Waals surface area contributed by atoms with Gasteiger partial charge in [-0.1, -0.05) is 23.4 Å². The van der Waals surface area contributed by atoms with E-state index < -0.39 is 36.7 Å². The van der Waals surface area contributed by atoms with Crippen LogP contribution in [0.25, 0.3) is 16.6 Å². The largest absolute Gasteiger partial charge is 0.466 e. The molecule has 0 saturated carbocycles. The number of aromatic nitrogens is 4. The fourth-order valence-corrected chi connectivity index (χ4v) is 3.77. The van der Waals surface area contributed by atoms with Crippen LogP contribution in [0.3, 0.4) is 0 Å². The quantitative estimate of drug-likeness (QED) is 0.469.